The lowest BCUT2D eigenvalue weighted by Crippen LogP contribution is -2.67. The molecule has 0 saturated carbocycles. The van der Waals surface area contributed by atoms with E-state index in [0.29, 0.717) is 45.7 Å². The summed E-state index contributed by atoms with van der Waals surface area (Å²) in [6, 6.07) is 7.62. The molecule has 1 fully saturated rings. The molecule has 10 nitrogen and oxygen atoms in total. The number of piperidine rings is 1. The predicted molar refractivity (Wildman–Crippen MR) is 161 cm³/mol. The maximum Gasteiger partial charge on any atom is 0.261 e. The number of benzene rings is 1. The first-order valence-corrected chi connectivity index (χ1v) is 15.3. The van der Waals surface area contributed by atoms with Crippen molar-refractivity contribution in [2.45, 2.75) is 78.0 Å². The zero-order chi connectivity index (χ0) is 30.2. The van der Waals surface area contributed by atoms with E-state index in [-0.39, 0.29) is 18.6 Å². The second-order valence-electron chi connectivity index (χ2n) is 11.6. The largest absolute Gasteiger partial charge is 0.496 e. The number of aromatic nitrogens is 1. The normalized spacial score (nSPS) is 18.4. The first kappa shape index (κ1) is 30.1. The number of aliphatic hydroxyl groups excluding tert-OH is 1. The summed E-state index contributed by atoms with van der Waals surface area (Å²) < 4.78 is 17.7. The summed E-state index contributed by atoms with van der Waals surface area (Å²) in [6.45, 7) is 10.6. The third kappa shape index (κ3) is 5.41. The number of hydrogen-bond acceptors (Lipinski definition) is 9. The molecule has 2 aliphatic rings. The Kier molecular flexibility index (Phi) is 8.63. The van der Waals surface area contributed by atoms with Crippen LogP contribution in [0.4, 0.5) is 5.00 Å². The molecular weight excluding hydrogens is 556 g/mol. The fourth-order valence-electron chi connectivity index (χ4n) is 5.92. The summed E-state index contributed by atoms with van der Waals surface area (Å²) in [6.07, 6.45) is 3.87. The smallest absolute Gasteiger partial charge is 0.261 e. The molecule has 1 unspecified atom stereocenters. The van der Waals surface area contributed by atoms with Gasteiger partial charge >= 0.3 is 0 Å². The van der Waals surface area contributed by atoms with E-state index in [9.17, 15) is 14.7 Å². The van der Waals surface area contributed by atoms with Gasteiger partial charge in [-0.3, -0.25) is 14.5 Å². The number of aliphatic hydroxyl groups is 1. The Morgan fingerprint density at radius 3 is 2.57 bits per heavy atom. The summed E-state index contributed by atoms with van der Waals surface area (Å²) >= 11 is 1.33. The monoisotopic (exact) mass is 596 g/mol. The number of amides is 2. The average molecular weight is 597 g/mol. The standard InChI is InChI=1S/C31H40N4O6S/c1-19(2)41-23(21-12-8-9-13-22(21)39-6)18-34-28-24(20(3)25(42-28)26-32-14-17-40-26)27(36)35(30(34)38)31(4,5)29(37)33-15-10-7-11-16-33/h8-9,12-14,17,19,23,30,38H,7,10-11,15-16,18H2,1-6H3/t23-,30?/m0/s1. The number of methoxy groups -OCH3 is 1. The molecule has 0 aliphatic carbocycles. The van der Waals surface area contributed by atoms with E-state index >= 15 is 0 Å². The Bertz CT molecular complexity index is 1410. The molecule has 0 bridgehead atoms. The van der Waals surface area contributed by atoms with Crippen LogP contribution in [0.15, 0.2) is 41.1 Å². The molecule has 42 heavy (non-hydrogen) atoms. The van der Waals surface area contributed by atoms with Crippen LogP contribution in [0.5, 0.6) is 5.75 Å². The van der Waals surface area contributed by atoms with Gasteiger partial charge in [-0.05, 0) is 65.5 Å². The van der Waals surface area contributed by atoms with Crippen molar-refractivity contribution in [1.82, 2.24) is 14.8 Å². The van der Waals surface area contributed by atoms with E-state index < -0.39 is 23.9 Å². The summed E-state index contributed by atoms with van der Waals surface area (Å²) in [4.78, 5) is 38.1. The van der Waals surface area contributed by atoms with Gasteiger partial charge in [0.25, 0.3) is 5.91 Å². The van der Waals surface area contributed by atoms with Crippen molar-refractivity contribution < 1.29 is 28.6 Å². The number of para-hydroxylation sites is 1. The van der Waals surface area contributed by atoms with E-state index in [1.807, 2.05) is 49.9 Å². The van der Waals surface area contributed by atoms with E-state index in [1.54, 1.807) is 32.1 Å². The van der Waals surface area contributed by atoms with Crippen LogP contribution in [0, 0.1) is 6.92 Å². The van der Waals surface area contributed by atoms with Crippen LogP contribution < -0.4 is 9.64 Å². The van der Waals surface area contributed by atoms with Gasteiger partial charge in [-0.2, -0.15) is 0 Å². The first-order valence-electron chi connectivity index (χ1n) is 14.5. The maximum atomic E-state index is 14.3. The Morgan fingerprint density at radius 1 is 1.21 bits per heavy atom. The second kappa shape index (κ2) is 12.1. The number of ether oxygens (including phenoxy) is 2. The van der Waals surface area contributed by atoms with Crippen LogP contribution in [0.25, 0.3) is 10.8 Å². The fourth-order valence-corrected chi connectivity index (χ4v) is 7.19. The van der Waals surface area contributed by atoms with E-state index in [4.69, 9.17) is 13.9 Å². The second-order valence-corrected chi connectivity index (χ2v) is 12.6. The zero-order valence-electron chi connectivity index (χ0n) is 25.1. The third-order valence-corrected chi connectivity index (χ3v) is 9.33. The third-order valence-electron chi connectivity index (χ3n) is 8.01. The highest BCUT2D eigenvalue weighted by atomic mass is 32.1. The number of carbonyl (C=O) groups excluding carboxylic acids is 2. The summed E-state index contributed by atoms with van der Waals surface area (Å²) in [5.41, 5.74) is 0.599. The molecule has 1 saturated heterocycles. The van der Waals surface area contributed by atoms with Crippen molar-refractivity contribution >= 4 is 28.2 Å². The fraction of sp³-hybridized carbons (Fsp3) is 0.516. The molecule has 0 radical (unpaired) electrons. The van der Waals surface area contributed by atoms with E-state index in [1.165, 1.54) is 22.5 Å². The van der Waals surface area contributed by atoms with Crippen LogP contribution in [-0.4, -0.2) is 76.4 Å². The molecule has 226 valence electrons. The molecular formula is C31H40N4O6S. The Balaban J connectivity index is 1.62. The average Bonchev–Trinajstić information content (AvgIpc) is 3.62. The lowest BCUT2D eigenvalue weighted by atomic mass is 9.95. The minimum atomic E-state index is -1.43. The molecule has 2 aliphatic heterocycles. The van der Waals surface area contributed by atoms with Gasteiger partial charge in [0.2, 0.25) is 18.1 Å². The van der Waals surface area contributed by atoms with Crippen LogP contribution in [-0.2, 0) is 9.53 Å². The van der Waals surface area contributed by atoms with Gasteiger partial charge in [-0.15, -0.1) is 11.3 Å². The van der Waals surface area contributed by atoms with Crippen molar-refractivity contribution in [3.8, 4) is 16.5 Å². The molecule has 1 N–H and O–H groups in total. The molecule has 4 heterocycles. The van der Waals surface area contributed by atoms with Crippen LogP contribution >= 0.6 is 11.3 Å². The van der Waals surface area contributed by atoms with Crippen molar-refractivity contribution in [2.75, 3.05) is 31.6 Å². The number of likely N-dealkylation sites (tertiary alicyclic amines) is 1. The summed E-state index contributed by atoms with van der Waals surface area (Å²) in [5, 5.41) is 12.6. The number of carbonyl (C=O) groups is 2. The van der Waals surface area contributed by atoms with Crippen LogP contribution in [0.3, 0.4) is 0 Å². The van der Waals surface area contributed by atoms with Crippen molar-refractivity contribution in [3.05, 3.63) is 53.4 Å². The predicted octanol–water partition coefficient (Wildman–Crippen LogP) is 5.22. The van der Waals surface area contributed by atoms with E-state index in [2.05, 4.69) is 4.98 Å². The van der Waals surface area contributed by atoms with Gasteiger partial charge in [0.15, 0.2) is 0 Å². The van der Waals surface area contributed by atoms with Gasteiger partial charge < -0.3 is 28.8 Å². The van der Waals surface area contributed by atoms with Crippen LogP contribution in [0.2, 0.25) is 0 Å². The van der Waals surface area contributed by atoms with Crippen LogP contribution in [0.1, 0.15) is 74.5 Å². The van der Waals surface area contributed by atoms with Crippen molar-refractivity contribution in [2.24, 2.45) is 0 Å². The number of oxazole rings is 1. The molecule has 2 amide bonds. The molecule has 2 atom stereocenters. The summed E-state index contributed by atoms with van der Waals surface area (Å²) in [5.74, 6) is 0.461. The van der Waals surface area contributed by atoms with Gasteiger partial charge in [-0.25, -0.2) is 4.98 Å². The molecule has 2 aromatic heterocycles. The maximum absolute atomic E-state index is 14.3. The number of hydrogen-bond donors (Lipinski definition) is 1. The number of thiophene rings is 1. The summed E-state index contributed by atoms with van der Waals surface area (Å²) in [7, 11) is 1.61. The Hall–Kier alpha value is -3.41. The Labute approximate surface area is 250 Å². The molecule has 5 rings (SSSR count). The lowest BCUT2D eigenvalue weighted by Gasteiger charge is -2.49. The topological polar surface area (TPSA) is 109 Å². The van der Waals surface area contributed by atoms with Gasteiger partial charge in [0.05, 0.1) is 36.4 Å². The van der Waals surface area contributed by atoms with Gasteiger partial charge in [-0.1, -0.05) is 18.2 Å². The number of rotatable bonds is 9. The first-order chi connectivity index (χ1) is 20.1. The van der Waals surface area contributed by atoms with Gasteiger partial charge in [0, 0.05) is 18.7 Å². The van der Waals surface area contributed by atoms with Crippen molar-refractivity contribution in [3.63, 3.8) is 0 Å². The quantitative estimate of drug-likeness (QED) is 0.359. The lowest BCUT2D eigenvalue weighted by molar-refractivity contribution is -0.148. The molecule has 3 aromatic rings. The minimum Gasteiger partial charge on any atom is -0.496 e. The molecule has 11 heteroatoms. The Morgan fingerprint density at radius 2 is 1.93 bits per heavy atom. The van der Waals surface area contributed by atoms with E-state index in [0.717, 1.165) is 24.8 Å². The molecule has 0 spiro atoms. The number of anilines is 1. The van der Waals surface area contributed by atoms with Crippen molar-refractivity contribution in [1.29, 1.82) is 0 Å². The molecule has 1 aromatic carbocycles. The minimum absolute atomic E-state index is 0.135. The highest BCUT2D eigenvalue weighted by molar-refractivity contribution is 7.20. The zero-order valence-corrected chi connectivity index (χ0v) is 25.9. The highest BCUT2D eigenvalue weighted by Crippen LogP contribution is 2.47. The van der Waals surface area contributed by atoms with Gasteiger partial charge in [0.1, 0.15) is 28.7 Å². The SMILES string of the molecule is COc1ccccc1[C@H](CN1c2sc(-c3ncco3)c(C)c2C(=O)N(C(C)(C)C(=O)N2CCCCC2)C1O)OC(C)C. The highest BCUT2D eigenvalue weighted by Gasteiger charge is 2.51. The number of fused-ring (bicyclic) bond motifs is 1. The number of nitrogens with zero attached hydrogens (tertiary/aromatic N) is 4.